The van der Waals surface area contributed by atoms with E-state index in [2.05, 4.69) is 26.0 Å². The summed E-state index contributed by atoms with van der Waals surface area (Å²) >= 11 is 0. The highest BCUT2D eigenvalue weighted by atomic mass is 16.4. The van der Waals surface area contributed by atoms with Crippen molar-refractivity contribution >= 4 is 5.97 Å². The van der Waals surface area contributed by atoms with E-state index in [0.29, 0.717) is 6.42 Å². The molecule has 0 bridgehead atoms. The van der Waals surface area contributed by atoms with Crippen LogP contribution in [0.15, 0.2) is 30.3 Å². The van der Waals surface area contributed by atoms with E-state index in [1.165, 1.54) is 5.56 Å². The minimum Gasteiger partial charge on any atom is -0.550 e. The first kappa shape index (κ1) is 12.8. The topological polar surface area (TPSA) is 40.1 Å². The van der Waals surface area contributed by atoms with Crippen molar-refractivity contribution in [3.8, 4) is 0 Å². The summed E-state index contributed by atoms with van der Waals surface area (Å²) in [5.74, 6) is -0.947. The number of carbonyl (C=O) groups is 1. The van der Waals surface area contributed by atoms with Gasteiger partial charge in [0.05, 0.1) is 0 Å². The van der Waals surface area contributed by atoms with Crippen molar-refractivity contribution in [3.63, 3.8) is 0 Å². The maximum atomic E-state index is 10.3. The molecule has 0 amide bonds. The quantitative estimate of drug-likeness (QED) is 0.689. The van der Waals surface area contributed by atoms with Gasteiger partial charge in [-0.05, 0) is 30.2 Å². The Morgan fingerprint density at radius 3 is 2.38 bits per heavy atom. The molecule has 0 radical (unpaired) electrons. The van der Waals surface area contributed by atoms with Gasteiger partial charge in [0.2, 0.25) is 0 Å². The maximum absolute atomic E-state index is 10.3. The van der Waals surface area contributed by atoms with Gasteiger partial charge >= 0.3 is 0 Å². The Balaban J connectivity index is 2.43. The Morgan fingerprint density at radius 1 is 1.19 bits per heavy atom. The van der Waals surface area contributed by atoms with E-state index in [1.54, 1.807) is 0 Å². The Bertz CT molecular complexity index is 328. The number of carbonyl (C=O) groups excluding carboxylic acids is 1. The van der Waals surface area contributed by atoms with Crippen molar-refractivity contribution in [2.75, 3.05) is 0 Å². The summed E-state index contributed by atoms with van der Waals surface area (Å²) in [6.45, 7) is 4.39. The highest BCUT2D eigenvalue weighted by Crippen LogP contribution is 2.28. The molecule has 0 unspecified atom stereocenters. The van der Waals surface area contributed by atoms with Crippen LogP contribution in [0.4, 0.5) is 0 Å². The van der Waals surface area contributed by atoms with E-state index in [0.717, 1.165) is 12.8 Å². The van der Waals surface area contributed by atoms with Crippen molar-refractivity contribution in [2.24, 2.45) is 0 Å². The lowest BCUT2D eigenvalue weighted by atomic mass is 9.80. The Kier molecular flexibility index (Phi) is 4.53. The first-order valence-corrected chi connectivity index (χ1v) is 5.78. The smallest absolute Gasteiger partial charge is 0.0414 e. The van der Waals surface area contributed by atoms with Crippen molar-refractivity contribution < 1.29 is 9.90 Å². The summed E-state index contributed by atoms with van der Waals surface area (Å²) in [5, 5.41) is 10.3. The second-order valence-electron chi connectivity index (χ2n) is 4.83. The van der Waals surface area contributed by atoms with Crippen LogP contribution in [0.5, 0.6) is 0 Å². The third-order valence-corrected chi connectivity index (χ3v) is 2.99. The second-order valence-corrected chi connectivity index (χ2v) is 4.83. The predicted octanol–water partition coefficient (Wildman–Crippen LogP) is 2.27. The predicted molar refractivity (Wildman–Crippen MR) is 62.9 cm³/mol. The van der Waals surface area contributed by atoms with Gasteiger partial charge in [-0.25, -0.2) is 0 Å². The highest BCUT2D eigenvalue weighted by molar-refractivity contribution is 5.64. The van der Waals surface area contributed by atoms with E-state index in [9.17, 15) is 9.90 Å². The van der Waals surface area contributed by atoms with Crippen LogP contribution in [-0.4, -0.2) is 5.97 Å². The lowest BCUT2D eigenvalue weighted by Gasteiger charge is -2.25. The molecule has 2 nitrogen and oxygen atoms in total. The fourth-order valence-electron chi connectivity index (χ4n) is 1.87. The van der Waals surface area contributed by atoms with Gasteiger partial charge in [0.15, 0.2) is 0 Å². The Labute approximate surface area is 97.3 Å². The zero-order chi connectivity index (χ0) is 12.0. The number of hydrogen-bond donors (Lipinski definition) is 0. The first-order valence-electron chi connectivity index (χ1n) is 5.78. The molecule has 0 saturated heterocycles. The second kappa shape index (κ2) is 5.69. The van der Waals surface area contributed by atoms with Crippen LogP contribution in [0, 0.1) is 0 Å². The molecule has 0 spiro atoms. The van der Waals surface area contributed by atoms with E-state index >= 15 is 0 Å². The van der Waals surface area contributed by atoms with Crippen molar-refractivity contribution in [3.05, 3.63) is 35.9 Å². The van der Waals surface area contributed by atoms with Crippen LogP contribution >= 0.6 is 0 Å². The molecule has 0 heterocycles. The van der Waals surface area contributed by atoms with Gasteiger partial charge in [-0.15, -0.1) is 0 Å². The largest absolute Gasteiger partial charge is 0.550 e. The zero-order valence-electron chi connectivity index (χ0n) is 10.0. The molecule has 1 aromatic carbocycles. The van der Waals surface area contributed by atoms with Crippen molar-refractivity contribution in [1.29, 1.82) is 0 Å². The third-order valence-electron chi connectivity index (χ3n) is 2.99. The molecule has 2 heteroatoms. The van der Waals surface area contributed by atoms with Crippen molar-refractivity contribution in [2.45, 2.75) is 44.9 Å². The molecule has 88 valence electrons. The number of carboxylic acid groups (broad SMARTS) is 1. The van der Waals surface area contributed by atoms with Gasteiger partial charge in [-0.2, -0.15) is 0 Å². The van der Waals surface area contributed by atoms with Gasteiger partial charge in [0, 0.05) is 5.97 Å². The van der Waals surface area contributed by atoms with E-state index in [-0.39, 0.29) is 11.8 Å². The SMILES string of the molecule is CC(C)(CCCCC(=O)[O-])c1ccccc1. The molecule has 0 aromatic heterocycles. The Hall–Kier alpha value is -1.31. The van der Waals surface area contributed by atoms with Gasteiger partial charge in [-0.3, -0.25) is 0 Å². The van der Waals surface area contributed by atoms with Crippen molar-refractivity contribution in [1.82, 2.24) is 0 Å². The van der Waals surface area contributed by atoms with Crippen LogP contribution in [0.1, 0.15) is 45.1 Å². The lowest BCUT2D eigenvalue weighted by Crippen LogP contribution is -2.22. The molecule has 0 aliphatic carbocycles. The number of carboxylic acids is 1. The minimum absolute atomic E-state index is 0.118. The summed E-state index contributed by atoms with van der Waals surface area (Å²) in [6, 6.07) is 10.3. The Morgan fingerprint density at radius 2 is 1.81 bits per heavy atom. The lowest BCUT2D eigenvalue weighted by molar-refractivity contribution is -0.305. The van der Waals surface area contributed by atoms with Crippen LogP contribution < -0.4 is 5.11 Å². The molecule has 0 saturated carbocycles. The molecule has 0 atom stereocenters. The fourth-order valence-corrected chi connectivity index (χ4v) is 1.87. The van der Waals surface area contributed by atoms with Crippen LogP contribution in [-0.2, 0) is 10.2 Å². The van der Waals surface area contributed by atoms with Crippen LogP contribution in [0.3, 0.4) is 0 Å². The normalized spacial score (nSPS) is 11.4. The summed E-state index contributed by atoms with van der Waals surface area (Å²) in [4.78, 5) is 10.3. The standard InChI is InChI=1S/C14H20O2/c1-14(2,11-7-6-10-13(15)16)12-8-4-3-5-9-12/h3-5,8-9H,6-7,10-11H2,1-2H3,(H,15,16)/p-1. The minimum atomic E-state index is -0.947. The van der Waals surface area contributed by atoms with E-state index < -0.39 is 5.97 Å². The fraction of sp³-hybridized carbons (Fsp3) is 0.500. The number of benzene rings is 1. The van der Waals surface area contributed by atoms with Gasteiger partial charge in [-0.1, -0.05) is 50.6 Å². The van der Waals surface area contributed by atoms with Gasteiger partial charge < -0.3 is 9.90 Å². The molecule has 0 fully saturated rings. The van der Waals surface area contributed by atoms with Gasteiger partial charge in [0.1, 0.15) is 0 Å². The van der Waals surface area contributed by atoms with Crippen LogP contribution in [0.25, 0.3) is 0 Å². The summed E-state index contributed by atoms with van der Waals surface area (Å²) in [6.07, 6.45) is 2.81. The maximum Gasteiger partial charge on any atom is 0.0414 e. The number of unbranched alkanes of at least 4 members (excludes halogenated alkanes) is 1. The number of aliphatic carboxylic acids is 1. The average molecular weight is 219 g/mol. The highest BCUT2D eigenvalue weighted by Gasteiger charge is 2.19. The zero-order valence-corrected chi connectivity index (χ0v) is 10.0. The summed E-state index contributed by atoms with van der Waals surface area (Å²) < 4.78 is 0. The molecule has 16 heavy (non-hydrogen) atoms. The van der Waals surface area contributed by atoms with E-state index in [1.807, 2.05) is 18.2 Å². The first-order chi connectivity index (χ1) is 7.52. The molecule has 0 aliphatic rings. The summed E-state index contributed by atoms with van der Waals surface area (Å²) in [7, 11) is 0. The number of rotatable bonds is 6. The third kappa shape index (κ3) is 4.05. The van der Waals surface area contributed by atoms with Crippen LogP contribution in [0.2, 0.25) is 0 Å². The molecular formula is C14H19O2-. The van der Waals surface area contributed by atoms with E-state index in [4.69, 9.17) is 0 Å². The molecule has 1 rings (SSSR count). The molecule has 0 aliphatic heterocycles. The molecular weight excluding hydrogens is 200 g/mol. The average Bonchev–Trinajstić information content (AvgIpc) is 2.26. The van der Waals surface area contributed by atoms with Gasteiger partial charge in [0.25, 0.3) is 0 Å². The summed E-state index contributed by atoms with van der Waals surface area (Å²) in [5.41, 5.74) is 1.43. The monoisotopic (exact) mass is 219 g/mol. The molecule has 0 N–H and O–H groups in total. The number of hydrogen-bond acceptors (Lipinski definition) is 2. The molecule has 1 aromatic rings.